The summed E-state index contributed by atoms with van der Waals surface area (Å²) in [6.45, 7) is 4.37. The first-order valence-electron chi connectivity index (χ1n) is 8.48. The van der Waals surface area contributed by atoms with E-state index in [2.05, 4.69) is 24.5 Å². The molecule has 2 aromatic carbocycles. The molecule has 0 spiro atoms. The second-order valence-electron chi connectivity index (χ2n) is 5.97. The third kappa shape index (κ3) is 2.71. The smallest absolute Gasteiger partial charge is 0.198 e. The molecule has 0 aliphatic heterocycles. The van der Waals surface area contributed by atoms with Crippen LogP contribution < -0.4 is 4.74 Å². The molecular weight excluding hydrogens is 298 g/mol. The van der Waals surface area contributed by atoms with Crippen LogP contribution in [0, 0.1) is 0 Å². The number of fused-ring (bicyclic) bond motifs is 1. The SMILES string of the molecule is CCC(CC)n1cc(C(=O)c2ccccc2OC)c2ccccc21. The number of nitrogens with zero attached hydrogens (tertiary/aromatic N) is 1. The van der Waals surface area contributed by atoms with Crippen LogP contribution in [-0.2, 0) is 0 Å². The zero-order valence-corrected chi connectivity index (χ0v) is 14.5. The van der Waals surface area contributed by atoms with E-state index in [0.717, 1.165) is 29.3 Å². The largest absolute Gasteiger partial charge is 0.496 e. The third-order valence-electron chi connectivity index (χ3n) is 4.67. The summed E-state index contributed by atoms with van der Waals surface area (Å²) >= 11 is 0. The van der Waals surface area contributed by atoms with E-state index < -0.39 is 0 Å². The van der Waals surface area contributed by atoms with Crippen molar-refractivity contribution < 1.29 is 9.53 Å². The van der Waals surface area contributed by atoms with Crippen molar-refractivity contribution in [1.82, 2.24) is 4.57 Å². The van der Waals surface area contributed by atoms with E-state index in [1.165, 1.54) is 0 Å². The van der Waals surface area contributed by atoms with Gasteiger partial charge < -0.3 is 9.30 Å². The first kappa shape index (κ1) is 16.3. The Morgan fingerprint density at radius 3 is 2.38 bits per heavy atom. The van der Waals surface area contributed by atoms with Gasteiger partial charge in [0.25, 0.3) is 0 Å². The fraction of sp³-hybridized carbons (Fsp3) is 0.286. The highest BCUT2D eigenvalue weighted by Gasteiger charge is 2.21. The van der Waals surface area contributed by atoms with Crippen molar-refractivity contribution in [1.29, 1.82) is 0 Å². The molecule has 0 amide bonds. The number of rotatable bonds is 6. The highest BCUT2D eigenvalue weighted by atomic mass is 16.5. The maximum atomic E-state index is 13.2. The molecule has 124 valence electrons. The molecule has 0 fully saturated rings. The number of para-hydroxylation sites is 2. The normalized spacial score (nSPS) is 11.2. The van der Waals surface area contributed by atoms with Gasteiger partial charge in [0.15, 0.2) is 5.78 Å². The molecule has 3 nitrogen and oxygen atoms in total. The lowest BCUT2D eigenvalue weighted by molar-refractivity contribution is 0.103. The first-order valence-corrected chi connectivity index (χ1v) is 8.48. The lowest BCUT2D eigenvalue weighted by atomic mass is 10.0. The van der Waals surface area contributed by atoms with Gasteiger partial charge in [-0.2, -0.15) is 0 Å². The number of carbonyl (C=O) groups is 1. The molecular formula is C21H23NO2. The fourth-order valence-electron chi connectivity index (χ4n) is 3.35. The summed E-state index contributed by atoms with van der Waals surface area (Å²) in [6.07, 6.45) is 4.09. The second-order valence-corrected chi connectivity index (χ2v) is 5.97. The molecule has 1 heterocycles. The summed E-state index contributed by atoms with van der Waals surface area (Å²) in [5.74, 6) is 0.621. The zero-order chi connectivity index (χ0) is 17.1. The summed E-state index contributed by atoms with van der Waals surface area (Å²) < 4.78 is 7.62. The van der Waals surface area contributed by atoms with Crippen LogP contribution in [0.1, 0.15) is 48.7 Å². The Hall–Kier alpha value is -2.55. The zero-order valence-electron chi connectivity index (χ0n) is 14.5. The van der Waals surface area contributed by atoms with Crippen LogP contribution in [-0.4, -0.2) is 17.5 Å². The van der Waals surface area contributed by atoms with Crippen molar-refractivity contribution in [2.45, 2.75) is 32.7 Å². The number of methoxy groups -OCH3 is 1. The summed E-state index contributed by atoms with van der Waals surface area (Å²) in [7, 11) is 1.60. The van der Waals surface area contributed by atoms with E-state index in [1.807, 2.05) is 48.7 Å². The Bertz CT molecular complexity index is 859. The topological polar surface area (TPSA) is 31.2 Å². The molecule has 0 unspecified atom stereocenters. The van der Waals surface area contributed by atoms with Crippen LogP contribution >= 0.6 is 0 Å². The van der Waals surface area contributed by atoms with Crippen LogP contribution in [0.5, 0.6) is 5.75 Å². The number of hydrogen-bond acceptors (Lipinski definition) is 2. The average molecular weight is 321 g/mol. The molecule has 0 saturated carbocycles. The molecule has 0 atom stereocenters. The van der Waals surface area contributed by atoms with E-state index in [9.17, 15) is 4.79 Å². The number of aromatic nitrogens is 1. The number of benzene rings is 2. The van der Waals surface area contributed by atoms with Crippen LogP contribution in [0.2, 0.25) is 0 Å². The number of ether oxygens (including phenoxy) is 1. The van der Waals surface area contributed by atoms with Crippen molar-refractivity contribution in [3.63, 3.8) is 0 Å². The predicted octanol–water partition coefficient (Wildman–Crippen LogP) is 5.24. The highest BCUT2D eigenvalue weighted by molar-refractivity contribution is 6.17. The standard InChI is InChI=1S/C21H23NO2/c1-4-15(5-2)22-14-18(16-10-6-8-12-19(16)22)21(23)17-11-7-9-13-20(17)24-3/h6-15H,4-5H2,1-3H3. The van der Waals surface area contributed by atoms with Gasteiger partial charge in [0.1, 0.15) is 5.75 Å². The fourth-order valence-corrected chi connectivity index (χ4v) is 3.35. The van der Waals surface area contributed by atoms with Gasteiger partial charge in [0, 0.05) is 28.7 Å². The lowest BCUT2D eigenvalue weighted by Crippen LogP contribution is -2.06. The van der Waals surface area contributed by atoms with Gasteiger partial charge in [-0.25, -0.2) is 0 Å². The van der Waals surface area contributed by atoms with Crippen LogP contribution in [0.4, 0.5) is 0 Å². The van der Waals surface area contributed by atoms with Crippen LogP contribution in [0.25, 0.3) is 10.9 Å². The Balaban J connectivity index is 2.18. The quantitative estimate of drug-likeness (QED) is 0.581. The second kappa shape index (κ2) is 6.91. The molecule has 1 aromatic heterocycles. The summed E-state index contributed by atoms with van der Waals surface area (Å²) in [6, 6.07) is 15.9. The van der Waals surface area contributed by atoms with Crippen molar-refractivity contribution in [3.8, 4) is 5.75 Å². The van der Waals surface area contributed by atoms with E-state index in [-0.39, 0.29) is 5.78 Å². The Morgan fingerprint density at radius 1 is 1.00 bits per heavy atom. The minimum Gasteiger partial charge on any atom is -0.496 e. The summed E-state index contributed by atoms with van der Waals surface area (Å²) in [5, 5.41) is 1.00. The Morgan fingerprint density at radius 2 is 1.67 bits per heavy atom. The van der Waals surface area contributed by atoms with Crippen molar-refractivity contribution in [3.05, 3.63) is 65.9 Å². The van der Waals surface area contributed by atoms with Crippen LogP contribution in [0.3, 0.4) is 0 Å². The number of hydrogen-bond donors (Lipinski definition) is 0. The predicted molar refractivity (Wildman–Crippen MR) is 98.0 cm³/mol. The number of ketones is 1. The van der Waals surface area contributed by atoms with Gasteiger partial charge in [-0.3, -0.25) is 4.79 Å². The van der Waals surface area contributed by atoms with Gasteiger partial charge in [-0.1, -0.05) is 44.2 Å². The van der Waals surface area contributed by atoms with Gasteiger partial charge in [0.05, 0.1) is 12.7 Å². The molecule has 0 radical (unpaired) electrons. The van der Waals surface area contributed by atoms with E-state index in [1.54, 1.807) is 7.11 Å². The maximum absolute atomic E-state index is 13.2. The van der Waals surface area contributed by atoms with Gasteiger partial charge in [0.2, 0.25) is 0 Å². The minimum absolute atomic E-state index is 0.00774. The summed E-state index contributed by atoms with van der Waals surface area (Å²) in [5.41, 5.74) is 2.46. The number of carbonyl (C=O) groups excluding carboxylic acids is 1. The van der Waals surface area contributed by atoms with Gasteiger partial charge in [-0.05, 0) is 31.0 Å². The molecule has 3 rings (SSSR count). The highest BCUT2D eigenvalue weighted by Crippen LogP contribution is 2.31. The molecule has 0 bridgehead atoms. The Labute approximate surface area is 142 Å². The van der Waals surface area contributed by atoms with Crippen molar-refractivity contribution in [2.24, 2.45) is 0 Å². The van der Waals surface area contributed by atoms with Crippen molar-refractivity contribution >= 4 is 16.7 Å². The first-order chi connectivity index (χ1) is 11.7. The molecule has 0 aliphatic rings. The lowest BCUT2D eigenvalue weighted by Gasteiger charge is -2.16. The summed E-state index contributed by atoms with van der Waals surface area (Å²) in [4.78, 5) is 13.2. The Kier molecular flexibility index (Phi) is 4.70. The maximum Gasteiger partial charge on any atom is 0.198 e. The molecule has 24 heavy (non-hydrogen) atoms. The average Bonchev–Trinajstić information content (AvgIpc) is 3.02. The van der Waals surface area contributed by atoms with Gasteiger partial charge >= 0.3 is 0 Å². The van der Waals surface area contributed by atoms with E-state index >= 15 is 0 Å². The molecule has 3 aromatic rings. The monoisotopic (exact) mass is 321 g/mol. The van der Waals surface area contributed by atoms with Gasteiger partial charge in [-0.15, -0.1) is 0 Å². The van der Waals surface area contributed by atoms with Crippen LogP contribution in [0.15, 0.2) is 54.7 Å². The minimum atomic E-state index is 0.00774. The molecule has 0 N–H and O–H groups in total. The molecule has 3 heteroatoms. The van der Waals surface area contributed by atoms with Crippen molar-refractivity contribution in [2.75, 3.05) is 7.11 Å². The van der Waals surface area contributed by atoms with E-state index in [0.29, 0.717) is 17.4 Å². The third-order valence-corrected chi connectivity index (χ3v) is 4.67. The van der Waals surface area contributed by atoms with E-state index in [4.69, 9.17) is 4.74 Å². The molecule has 0 saturated heterocycles. The molecule has 0 aliphatic carbocycles.